The lowest BCUT2D eigenvalue weighted by Crippen LogP contribution is -2.46. The Balaban J connectivity index is 2.72. The third-order valence-electron chi connectivity index (χ3n) is 2.13. The van der Waals surface area contributed by atoms with Crippen molar-refractivity contribution in [3.63, 3.8) is 0 Å². The molecule has 0 bridgehead atoms. The average molecular weight is 315 g/mol. The molecule has 1 rings (SSSR count). The maximum absolute atomic E-state index is 11.9. The van der Waals surface area contributed by atoms with E-state index in [4.69, 9.17) is 10.5 Å². The number of benzene rings is 1. The van der Waals surface area contributed by atoms with Crippen LogP contribution < -0.4 is 15.8 Å². The van der Waals surface area contributed by atoms with Crippen LogP contribution in [0.4, 0.5) is 5.69 Å². The second-order valence-electron chi connectivity index (χ2n) is 5.19. The maximum Gasteiger partial charge on any atom is 0.261 e. The summed E-state index contributed by atoms with van der Waals surface area (Å²) in [5.41, 5.74) is 6.00. The topological polar surface area (TPSA) is 64.3 Å². The van der Waals surface area contributed by atoms with Crippen molar-refractivity contribution in [3.05, 3.63) is 22.7 Å². The summed E-state index contributed by atoms with van der Waals surface area (Å²) in [5, 5.41) is 2.86. The Morgan fingerprint density at radius 2 is 2.06 bits per heavy atom. The molecule has 0 aliphatic carbocycles. The van der Waals surface area contributed by atoms with Crippen LogP contribution in [0.2, 0.25) is 0 Å². The molecule has 0 aliphatic heterocycles. The lowest BCUT2D eigenvalue weighted by molar-refractivity contribution is -0.128. The number of carbonyl (C=O) groups excluding carboxylic acids is 1. The van der Waals surface area contributed by atoms with Crippen molar-refractivity contribution in [1.29, 1.82) is 0 Å². The molecule has 3 N–H and O–H groups in total. The summed E-state index contributed by atoms with van der Waals surface area (Å²) in [6.45, 7) is 7.48. The minimum Gasteiger partial charge on any atom is -0.480 e. The van der Waals surface area contributed by atoms with Crippen LogP contribution in [-0.4, -0.2) is 17.6 Å². The Hall–Kier alpha value is -1.23. The molecule has 0 fully saturated rings. The lowest BCUT2D eigenvalue weighted by atomic mass is 10.1. The summed E-state index contributed by atoms with van der Waals surface area (Å²) >= 11 is 3.36. The van der Waals surface area contributed by atoms with Crippen LogP contribution in [0.5, 0.6) is 5.75 Å². The molecule has 100 valence electrons. The monoisotopic (exact) mass is 314 g/mol. The number of carbonyl (C=O) groups is 1. The molecule has 1 amide bonds. The molecular weight excluding hydrogens is 296 g/mol. The Labute approximate surface area is 116 Å². The van der Waals surface area contributed by atoms with Gasteiger partial charge in [0, 0.05) is 17.3 Å². The summed E-state index contributed by atoms with van der Waals surface area (Å²) in [5.74, 6) is 0.406. The second-order valence-corrected chi connectivity index (χ2v) is 6.04. The number of ether oxygens (including phenoxy) is 1. The van der Waals surface area contributed by atoms with Gasteiger partial charge < -0.3 is 15.8 Å². The summed E-state index contributed by atoms with van der Waals surface area (Å²) in [6, 6.07) is 5.24. The van der Waals surface area contributed by atoms with Crippen LogP contribution in [0.1, 0.15) is 27.7 Å². The highest BCUT2D eigenvalue weighted by Crippen LogP contribution is 2.27. The zero-order valence-electron chi connectivity index (χ0n) is 11.1. The van der Waals surface area contributed by atoms with Gasteiger partial charge in [-0.25, -0.2) is 0 Å². The number of amides is 1. The minimum absolute atomic E-state index is 0.156. The minimum atomic E-state index is -0.581. The Morgan fingerprint density at radius 3 is 2.61 bits per heavy atom. The molecule has 0 aromatic heterocycles. The van der Waals surface area contributed by atoms with Gasteiger partial charge in [0.25, 0.3) is 5.91 Å². The van der Waals surface area contributed by atoms with Crippen molar-refractivity contribution < 1.29 is 9.53 Å². The molecule has 0 heterocycles. The van der Waals surface area contributed by atoms with E-state index < -0.39 is 6.10 Å². The first-order valence-corrected chi connectivity index (χ1v) is 6.52. The van der Waals surface area contributed by atoms with Crippen LogP contribution in [0, 0.1) is 0 Å². The molecule has 0 saturated heterocycles. The van der Waals surface area contributed by atoms with E-state index in [-0.39, 0.29) is 11.4 Å². The van der Waals surface area contributed by atoms with Gasteiger partial charge in [0.05, 0.1) is 4.47 Å². The van der Waals surface area contributed by atoms with E-state index in [0.717, 1.165) is 4.47 Å². The van der Waals surface area contributed by atoms with E-state index in [9.17, 15) is 4.79 Å². The first-order valence-electron chi connectivity index (χ1n) is 5.73. The van der Waals surface area contributed by atoms with Crippen molar-refractivity contribution in [2.75, 3.05) is 5.73 Å². The summed E-state index contributed by atoms with van der Waals surface area (Å²) in [7, 11) is 0. The molecule has 0 radical (unpaired) electrons. The SMILES string of the molecule is CC(Oc1cc(N)ccc1Br)C(=O)NC(C)(C)C. The number of halogens is 1. The summed E-state index contributed by atoms with van der Waals surface area (Å²) in [6.07, 6.45) is -0.581. The third kappa shape index (κ3) is 4.56. The Kier molecular flexibility index (Phi) is 4.62. The molecule has 1 aromatic rings. The van der Waals surface area contributed by atoms with Gasteiger partial charge in [-0.3, -0.25) is 4.79 Å². The Morgan fingerprint density at radius 1 is 1.44 bits per heavy atom. The van der Waals surface area contributed by atoms with Gasteiger partial charge in [0.2, 0.25) is 0 Å². The van der Waals surface area contributed by atoms with E-state index in [1.165, 1.54) is 0 Å². The van der Waals surface area contributed by atoms with E-state index in [0.29, 0.717) is 11.4 Å². The van der Waals surface area contributed by atoms with Gasteiger partial charge in [0.15, 0.2) is 6.10 Å². The Bertz CT molecular complexity index is 441. The fourth-order valence-electron chi connectivity index (χ4n) is 1.33. The van der Waals surface area contributed by atoms with Crippen LogP contribution in [0.3, 0.4) is 0 Å². The second kappa shape index (κ2) is 5.61. The van der Waals surface area contributed by atoms with Gasteiger partial charge >= 0.3 is 0 Å². The van der Waals surface area contributed by atoms with E-state index in [2.05, 4.69) is 21.2 Å². The van der Waals surface area contributed by atoms with Crippen LogP contribution in [0.15, 0.2) is 22.7 Å². The van der Waals surface area contributed by atoms with Crippen LogP contribution >= 0.6 is 15.9 Å². The molecule has 5 heteroatoms. The number of nitrogens with two attached hydrogens (primary N) is 1. The first kappa shape index (κ1) is 14.8. The van der Waals surface area contributed by atoms with Gasteiger partial charge in [-0.15, -0.1) is 0 Å². The van der Waals surface area contributed by atoms with Crippen molar-refractivity contribution in [2.24, 2.45) is 0 Å². The number of nitrogen functional groups attached to an aromatic ring is 1. The van der Waals surface area contributed by atoms with Crippen molar-refractivity contribution >= 4 is 27.5 Å². The predicted molar refractivity (Wildman–Crippen MR) is 76.5 cm³/mol. The zero-order chi connectivity index (χ0) is 13.9. The van der Waals surface area contributed by atoms with Gasteiger partial charge in [0.1, 0.15) is 5.75 Å². The molecule has 1 atom stereocenters. The van der Waals surface area contributed by atoms with Crippen molar-refractivity contribution in [2.45, 2.75) is 39.3 Å². The molecule has 18 heavy (non-hydrogen) atoms. The van der Waals surface area contributed by atoms with Gasteiger partial charge in [-0.1, -0.05) is 0 Å². The molecule has 1 aromatic carbocycles. The number of anilines is 1. The van der Waals surface area contributed by atoms with Crippen LogP contribution in [-0.2, 0) is 4.79 Å². The van der Waals surface area contributed by atoms with Crippen molar-refractivity contribution in [1.82, 2.24) is 5.32 Å². The number of rotatable bonds is 3. The van der Waals surface area contributed by atoms with Gasteiger partial charge in [-0.2, -0.15) is 0 Å². The maximum atomic E-state index is 11.9. The lowest BCUT2D eigenvalue weighted by Gasteiger charge is -2.24. The van der Waals surface area contributed by atoms with E-state index in [1.54, 1.807) is 25.1 Å². The van der Waals surface area contributed by atoms with Gasteiger partial charge in [-0.05, 0) is 55.8 Å². The highest BCUT2D eigenvalue weighted by Gasteiger charge is 2.21. The largest absolute Gasteiger partial charge is 0.480 e. The normalized spacial score (nSPS) is 12.9. The quantitative estimate of drug-likeness (QED) is 0.843. The predicted octanol–water partition coefficient (Wildman–Crippen LogP) is 2.71. The highest BCUT2D eigenvalue weighted by molar-refractivity contribution is 9.10. The van der Waals surface area contributed by atoms with Crippen LogP contribution in [0.25, 0.3) is 0 Å². The number of nitrogens with one attached hydrogen (secondary N) is 1. The molecule has 0 aliphatic rings. The molecule has 0 spiro atoms. The summed E-state index contributed by atoms with van der Waals surface area (Å²) < 4.78 is 6.37. The number of hydrogen-bond donors (Lipinski definition) is 2. The highest BCUT2D eigenvalue weighted by atomic mass is 79.9. The fourth-order valence-corrected chi connectivity index (χ4v) is 1.67. The van der Waals surface area contributed by atoms with E-state index in [1.807, 2.05) is 20.8 Å². The third-order valence-corrected chi connectivity index (χ3v) is 2.78. The molecule has 4 nitrogen and oxygen atoms in total. The molecular formula is C13H19BrN2O2. The average Bonchev–Trinajstić information content (AvgIpc) is 2.21. The molecule has 1 unspecified atom stereocenters. The fraction of sp³-hybridized carbons (Fsp3) is 0.462. The smallest absolute Gasteiger partial charge is 0.261 e. The standard InChI is InChI=1S/C13H19BrN2O2/c1-8(12(17)16-13(2,3)4)18-11-7-9(15)5-6-10(11)14/h5-8H,15H2,1-4H3,(H,16,17). The molecule has 0 saturated carbocycles. The summed E-state index contributed by atoms with van der Waals surface area (Å²) in [4.78, 5) is 11.9. The van der Waals surface area contributed by atoms with E-state index >= 15 is 0 Å². The number of hydrogen-bond acceptors (Lipinski definition) is 3. The van der Waals surface area contributed by atoms with Crippen molar-refractivity contribution in [3.8, 4) is 5.75 Å². The first-order chi connectivity index (χ1) is 8.19. The zero-order valence-corrected chi connectivity index (χ0v) is 12.7.